The largest absolute Gasteiger partial charge is 0.368 e. The van der Waals surface area contributed by atoms with Gasteiger partial charge in [-0.15, -0.1) is 0 Å². The van der Waals surface area contributed by atoms with Crippen LogP contribution in [0.25, 0.3) is 0 Å². The molecule has 0 amide bonds. The molecule has 5 nitrogen and oxygen atoms in total. The van der Waals surface area contributed by atoms with E-state index < -0.39 is 0 Å². The molecular formula is C20H32BrN5. The lowest BCUT2D eigenvalue weighted by molar-refractivity contribution is 0.343. The molecule has 3 rings (SSSR count). The Morgan fingerprint density at radius 3 is 2.77 bits per heavy atom. The van der Waals surface area contributed by atoms with Crippen LogP contribution in [-0.2, 0) is 0 Å². The van der Waals surface area contributed by atoms with Crippen LogP contribution in [0.4, 0.5) is 5.69 Å². The molecule has 2 N–H and O–H groups in total. The van der Waals surface area contributed by atoms with Gasteiger partial charge in [0.2, 0.25) is 0 Å². The Hall–Kier alpha value is -1.27. The molecule has 1 aromatic carbocycles. The highest BCUT2D eigenvalue weighted by atomic mass is 79.9. The van der Waals surface area contributed by atoms with Crippen LogP contribution in [0.1, 0.15) is 26.7 Å². The van der Waals surface area contributed by atoms with E-state index in [-0.39, 0.29) is 0 Å². The average molecular weight is 422 g/mol. The van der Waals surface area contributed by atoms with Crippen molar-refractivity contribution in [3.05, 3.63) is 28.7 Å². The van der Waals surface area contributed by atoms with E-state index >= 15 is 0 Å². The van der Waals surface area contributed by atoms with E-state index in [0.717, 1.165) is 45.1 Å². The molecule has 0 aliphatic carbocycles. The first-order valence-electron chi connectivity index (χ1n) is 9.96. The summed E-state index contributed by atoms with van der Waals surface area (Å²) in [7, 11) is 0. The number of halogens is 1. The lowest BCUT2D eigenvalue weighted by Crippen LogP contribution is -2.45. The molecule has 2 fully saturated rings. The number of benzene rings is 1. The number of nitrogens with one attached hydrogen (secondary N) is 2. The van der Waals surface area contributed by atoms with Gasteiger partial charge in [-0.1, -0.05) is 19.1 Å². The molecule has 2 aliphatic rings. The molecule has 2 heterocycles. The zero-order chi connectivity index (χ0) is 18.4. The van der Waals surface area contributed by atoms with Crippen LogP contribution in [0.3, 0.4) is 0 Å². The Morgan fingerprint density at radius 1 is 1.19 bits per heavy atom. The Kier molecular flexibility index (Phi) is 7.20. The number of hydrogen-bond donors (Lipinski definition) is 2. The molecule has 1 aromatic rings. The lowest BCUT2D eigenvalue weighted by atomic mass is 10.1. The topological polar surface area (TPSA) is 42.9 Å². The first-order valence-corrected chi connectivity index (χ1v) is 10.8. The summed E-state index contributed by atoms with van der Waals surface area (Å²) in [6.45, 7) is 11.9. The third-order valence-electron chi connectivity index (χ3n) is 5.39. The van der Waals surface area contributed by atoms with Crippen molar-refractivity contribution in [1.29, 1.82) is 0 Å². The lowest BCUT2D eigenvalue weighted by Gasteiger charge is -2.21. The molecule has 2 atom stereocenters. The summed E-state index contributed by atoms with van der Waals surface area (Å²) in [5.74, 6) is 1.67. The summed E-state index contributed by atoms with van der Waals surface area (Å²) in [5.41, 5.74) is 1.28. The second-order valence-electron chi connectivity index (χ2n) is 7.29. The average Bonchev–Trinajstić information content (AvgIpc) is 3.29. The Balaban J connectivity index is 1.53. The number of hydrogen-bond acceptors (Lipinski definition) is 3. The van der Waals surface area contributed by atoms with E-state index in [0.29, 0.717) is 12.0 Å². The van der Waals surface area contributed by atoms with E-state index in [1.165, 1.54) is 29.7 Å². The maximum absolute atomic E-state index is 4.88. The molecule has 6 heteroatoms. The zero-order valence-electron chi connectivity index (χ0n) is 16.0. The van der Waals surface area contributed by atoms with Crippen molar-refractivity contribution in [3.8, 4) is 0 Å². The van der Waals surface area contributed by atoms with Crippen LogP contribution < -0.4 is 15.5 Å². The smallest absolute Gasteiger partial charge is 0.191 e. The van der Waals surface area contributed by atoms with Gasteiger partial charge in [-0.2, -0.15) is 0 Å². The van der Waals surface area contributed by atoms with Crippen LogP contribution in [-0.4, -0.2) is 62.7 Å². The highest BCUT2D eigenvalue weighted by Gasteiger charge is 2.25. The molecule has 0 saturated carbocycles. The normalized spacial score (nSPS) is 24.3. The molecule has 0 radical (unpaired) electrons. The molecule has 0 aromatic heterocycles. The van der Waals surface area contributed by atoms with E-state index in [9.17, 15) is 0 Å². The highest BCUT2D eigenvalue weighted by Crippen LogP contribution is 2.28. The SMILES string of the molecule is CCNC(=NCC1CCN(CC)C1)NC1CCN(c2ccccc2Br)C1. The van der Waals surface area contributed by atoms with Gasteiger partial charge in [-0.3, -0.25) is 4.99 Å². The number of anilines is 1. The van der Waals surface area contributed by atoms with E-state index in [1.807, 2.05) is 0 Å². The van der Waals surface area contributed by atoms with Crippen molar-refractivity contribution in [3.63, 3.8) is 0 Å². The van der Waals surface area contributed by atoms with Crippen LogP contribution in [0, 0.1) is 5.92 Å². The van der Waals surface area contributed by atoms with Crippen molar-refractivity contribution in [2.45, 2.75) is 32.7 Å². The molecule has 0 bridgehead atoms. The molecule has 26 heavy (non-hydrogen) atoms. The van der Waals surface area contributed by atoms with Crippen molar-refractivity contribution in [2.24, 2.45) is 10.9 Å². The Morgan fingerprint density at radius 2 is 2.04 bits per heavy atom. The minimum absolute atomic E-state index is 0.440. The van der Waals surface area contributed by atoms with Gasteiger partial charge >= 0.3 is 0 Å². The summed E-state index contributed by atoms with van der Waals surface area (Å²) in [6.07, 6.45) is 2.41. The first kappa shape index (κ1) is 19.5. The van der Waals surface area contributed by atoms with Crippen molar-refractivity contribution >= 4 is 27.6 Å². The third-order valence-corrected chi connectivity index (χ3v) is 6.06. The van der Waals surface area contributed by atoms with Crippen LogP contribution in [0.15, 0.2) is 33.7 Å². The van der Waals surface area contributed by atoms with Crippen LogP contribution in [0.5, 0.6) is 0 Å². The van der Waals surface area contributed by atoms with Crippen LogP contribution >= 0.6 is 15.9 Å². The second-order valence-corrected chi connectivity index (χ2v) is 8.15. The van der Waals surface area contributed by atoms with E-state index in [2.05, 4.69) is 74.5 Å². The van der Waals surface area contributed by atoms with Crippen molar-refractivity contribution < 1.29 is 0 Å². The first-order chi connectivity index (χ1) is 12.7. The second kappa shape index (κ2) is 9.60. The zero-order valence-corrected chi connectivity index (χ0v) is 17.6. The van der Waals surface area contributed by atoms with Gasteiger partial charge in [-0.05, 0) is 66.8 Å². The van der Waals surface area contributed by atoms with Gasteiger partial charge in [0, 0.05) is 43.2 Å². The van der Waals surface area contributed by atoms with Gasteiger partial charge < -0.3 is 20.4 Å². The van der Waals surface area contributed by atoms with Gasteiger partial charge in [0.15, 0.2) is 5.96 Å². The van der Waals surface area contributed by atoms with Gasteiger partial charge in [0.25, 0.3) is 0 Å². The molecule has 0 spiro atoms. The van der Waals surface area contributed by atoms with E-state index in [1.54, 1.807) is 0 Å². The van der Waals surface area contributed by atoms with Gasteiger partial charge in [0.05, 0.1) is 5.69 Å². The summed E-state index contributed by atoms with van der Waals surface area (Å²) in [5, 5.41) is 7.08. The molecule has 2 aliphatic heterocycles. The Bertz CT molecular complexity index is 606. The van der Waals surface area contributed by atoms with Crippen molar-refractivity contribution in [2.75, 3.05) is 50.7 Å². The quantitative estimate of drug-likeness (QED) is 0.547. The van der Waals surface area contributed by atoms with Crippen molar-refractivity contribution in [1.82, 2.24) is 15.5 Å². The summed E-state index contributed by atoms with van der Waals surface area (Å²) in [4.78, 5) is 9.85. The molecule has 2 unspecified atom stereocenters. The standard InChI is InChI=1S/C20H32BrN5/c1-3-22-20(23-13-16-9-11-25(4-2)14-16)24-17-10-12-26(15-17)19-8-6-5-7-18(19)21/h5-8,16-17H,3-4,9-15H2,1-2H3,(H2,22,23,24). The molecule has 2 saturated heterocycles. The number of nitrogens with zero attached hydrogens (tertiary/aromatic N) is 3. The molecular weight excluding hydrogens is 390 g/mol. The van der Waals surface area contributed by atoms with Crippen LogP contribution in [0.2, 0.25) is 0 Å². The number of rotatable bonds is 6. The highest BCUT2D eigenvalue weighted by molar-refractivity contribution is 9.10. The van der Waals surface area contributed by atoms with E-state index in [4.69, 9.17) is 4.99 Å². The maximum Gasteiger partial charge on any atom is 0.191 e. The minimum Gasteiger partial charge on any atom is -0.368 e. The number of guanidine groups is 1. The van der Waals surface area contributed by atoms with Gasteiger partial charge in [-0.25, -0.2) is 0 Å². The number of likely N-dealkylation sites (tertiary alicyclic amines) is 1. The number of para-hydroxylation sites is 1. The predicted octanol–water partition coefficient (Wildman–Crippen LogP) is 2.92. The molecule has 144 valence electrons. The minimum atomic E-state index is 0.440. The number of aliphatic imine (C=N–C) groups is 1. The fraction of sp³-hybridized carbons (Fsp3) is 0.650. The third kappa shape index (κ3) is 5.13. The summed E-state index contributed by atoms with van der Waals surface area (Å²) < 4.78 is 1.17. The predicted molar refractivity (Wildman–Crippen MR) is 114 cm³/mol. The maximum atomic E-state index is 4.88. The fourth-order valence-electron chi connectivity index (χ4n) is 3.89. The summed E-state index contributed by atoms with van der Waals surface area (Å²) in [6, 6.07) is 8.91. The monoisotopic (exact) mass is 421 g/mol. The van der Waals surface area contributed by atoms with Gasteiger partial charge in [0.1, 0.15) is 0 Å². The Labute approximate surface area is 166 Å². The fourth-order valence-corrected chi connectivity index (χ4v) is 4.42. The summed E-state index contributed by atoms with van der Waals surface area (Å²) >= 11 is 3.67.